The van der Waals surface area contributed by atoms with Crippen LogP contribution in [0.25, 0.3) is 0 Å². The van der Waals surface area contributed by atoms with Crippen molar-refractivity contribution in [3.8, 4) is 0 Å². The monoisotopic (exact) mass is 267 g/mol. The molecule has 2 aromatic rings. The first-order valence-electron chi connectivity index (χ1n) is 5.02. The molecule has 0 aliphatic heterocycles. The molecule has 0 atom stereocenters. The van der Waals surface area contributed by atoms with Crippen LogP contribution >= 0.6 is 11.8 Å². The normalized spacial score (nSPS) is 10.5. The lowest BCUT2D eigenvalue weighted by atomic mass is 10.4. The van der Waals surface area contributed by atoms with Crippen LogP contribution in [-0.2, 0) is 6.54 Å². The van der Waals surface area contributed by atoms with Crippen molar-refractivity contribution in [3.63, 3.8) is 0 Å². The van der Waals surface area contributed by atoms with E-state index in [1.165, 1.54) is 16.7 Å². The Balaban J connectivity index is 2.23. The van der Waals surface area contributed by atoms with Gasteiger partial charge in [-0.25, -0.2) is 14.7 Å². The molecule has 8 nitrogen and oxygen atoms in total. The van der Waals surface area contributed by atoms with Gasteiger partial charge in [-0.1, -0.05) is 0 Å². The first-order valence-corrected chi connectivity index (χ1v) is 5.83. The highest BCUT2D eigenvalue weighted by Gasteiger charge is 2.11. The largest absolute Gasteiger partial charge is 0.476 e. The molecule has 2 rings (SSSR count). The number of aromatic carboxylic acids is 1. The molecular formula is C9H9N5O3S. The van der Waals surface area contributed by atoms with Crippen molar-refractivity contribution in [1.82, 2.24) is 25.0 Å². The van der Waals surface area contributed by atoms with Crippen molar-refractivity contribution in [3.05, 3.63) is 28.3 Å². The van der Waals surface area contributed by atoms with Crippen molar-refractivity contribution in [2.24, 2.45) is 0 Å². The van der Waals surface area contributed by atoms with Gasteiger partial charge in [-0.05, 0) is 30.8 Å². The van der Waals surface area contributed by atoms with E-state index < -0.39 is 5.97 Å². The Morgan fingerprint density at radius 1 is 1.50 bits per heavy atom. The zero-order valence-electron chi connectivity index (χ0n) is 9.32. The molecule has 0 amide bonds. The molecule has 0 bridgehead atoms. The Bertz CT molecular complexity index is 618. The van der Waals surface area contributed by atoms with Gasteiger partial charge in [0, 0.05) is 6.54 Å². The number of aromatic nitrogens is 5. The molecular weight excluding hydrogens is 258 g/mol. The van der Waals surface area contributed by atoms with E-state index in [0.717, 1.165) is 11.8 Å². The van der Waals surface area contributed by atoms with E-state index in [4.69, 9.17) is 5.11 Å². The lowest BCUT2D eigenvalue weighted by molar-refractivity contribution is 0.0689. The van der Waals surface area contributed by atoms with E-state index in [2.05, 4.69) is 20.4 Å². The summed E-state index contributed by atoms with van der Waals surface area (Å²) in [4.78, 5) is 21.9. The van der Waals surface area contributed by atoms with Gasteiger partial charge in [0.15, 0.2) is 10.9 Å². The summed E-state index contributed by atoms with van der Waals surface area (Å²) in [7, 11) is 0. The number of nitrogens with one attached hydrogen (secondary N) is 1. The molecule has 0 unspecified atom stereocenters. The van der Waals surface area contributed by atoms with Gasteiger partial charge in [0.05, 0.1) is 0 Å². The minimum atomic E-state index is -1.13. The molecule has 2 aromatic heterocycles. The standard InChI is InChI=1S/C9H9N5O3S/c1-2-14-8(17)12-13-9(14)18-6-4-3-5(7(15)16)10-11-6/h3-4H,2H2,1H3,(H,12,17)(H,15,16). The maximum atomic E-state index is 11.3. The summed E-state index contributed by atoms with van der Waals surface area (Å²) in [5.74, 6) is -1.13. The van der Waals surface area contributed by atoms with E-state index in [9.17, 15) is 9.59 Å². The molecule has 2 heterocycles. The van der Waals surface area contributed by atoms with Crippen LogP contribution in [0.4, 0.5) is 0 Å². The molecule has 0 aliphatic carbocycles. The van der Waals surface area contributed by atoms with Crippen LogP contribution in [0.3, 0.4) is 0 Å². The maximum absolute atomic E-state index is 11.3. The molecule has 0 aromatic carbocycles. The Labute approximate surface area is 105 Å². The number of nitrogens with zero attached hydrogens (tertiary/aromatic N) is 4. The van der Waals surface area contributed by atoms with Gasteiger partial charge < -0.3 is 5.11 Å². The van der Waals surface area contributed by atoms with Crippen molar-refractivity contribution < 1.29 is 9.90 Å². The zero-order valence-corrected chi connectivity index (χ0v) is 10.1. The number of aromatic amines is 1. The molecule has 0 saturated carbocycles. The average molecular weight is 267 g/mol. The summed E-state index contributed by atoms with van der Waals surface area (Å²) in [6.07, 6.45) is 0. The second kappa shape index (κ2) is 5.00. The van der Waals surface area contributed by atoms with Crippen LogP contribution in [0.5, 0.6) is 0 Å². The third-order valence-corrected chi connectivity index (χ3v) is 3.02. The Hall–Kier alpha value is -2.16. The molecule has 9 heteroatoms. The smallest absolute Gasteiger partial charge is 0.356 e. The number of carbonyl (C=O) groups is 1. The van der Waals surface area contributed by atoms with Gasteiger partial charge in [-0.3, -0.25) is 4.57 Å². The van der Waals surface area contributed by atoms with Crippen molar-refractivity contribution in [2.45, 2.75) is 23.7 Å². The highest BCUT2D eigenvalue weighted by molar-refractivity contribution is 7.99. The third kappa shape index (κ3) is 2.40. The highest BCUT2D eigenvalue weighted by atomic mass is 32.2. The molecule has 0 aliphatic rings. The van der Waals surface area contributed by atoms with Crippen molar-refractivity contribution in [1.29, 1.82) is 0 Å². The lowest BCUT2D eigenvalue weighted by Gasteiger charge is -2.00. The van der Waals surface area contributed by atoms with Gasteiger partial charge >= 0.3 is 11.7 Å². The van der Waals surface area contributed by atoms with Crippen molar-refractivity contribution >= 4 is 17.7 Å². The Morgan fingerprint density at radius 2 is 2.28 bits per heavy atom. The molecule has 2 N–H and O–H groups in total. The third-order valence-electron chi connectivity index (χ3n) is 2.09. The first-order chi connectivity index (χ1) is 8.61. The van der Waals surface area contributed by atoms with Crippen LogP contribution in [0, 0.1) is 0 Å². The number of hydrogen-bond donors (Lipinski definition) is 2. The van der Waals surface area contributed by atoms with Crippen LogP contribution in [0.2, 0.25) is 0 Å². The number of carboxylic acids is 1. The summed E-state index contributed by atoms with van der Waals surface area (Å²) in [6, 6.07) is 2.86. The quantitative estimate of drug-likeness (QED) is 0.815. The topological polar surface area (TPSA) is 114 Å². The van der Waals surface area contributed by atoms with Crippen LogP contribution in [0.15, 0.2) is 27.1 Å². The van der Waals surface area contributed by atoms with Crippen LogP contribution < -0.4 is 5.69 Å². The number of H-pyrrole nitrogens is 1. The number of carboxylic acid groups (broad SMARTS) is 1. The molecule has 0 fully saturated rings. The van der Waals surface area contributed by atoms with Crippen LogP contribution in [0.1, 0.15) is 17.4 Å². The molecule has 0 spiro atoms. The van der Waals surface area contributed by atoms with Gasteiger partial charge in [-0.2, -0.15) is 0 Å². The summed E-state index contributed by atoms with van der Waals surface area (Å²) >= 11 is 1.13. The minimum absolute atomic E-state index is 0.130. The maximum Gasteiger partial charge on any atom is 0.356 e. The van der Waals surface area contributed by atoms with Crippen molar-refractivity contribution in [2.75, 3.05) is 0 Å². The van der Waals surface area contributed by atoms with E-state index in [1.807, 2.05) is 6.92 Å². The fourth-order valence-corrected chi connectivity index (χ4v) is 2.06. The summed E-state index contributed by atoms with van der Waals surface area (Å²) in [6.45, 7) is 2.30. The second-order valence-electron chi connectivity index (χ2n) is 3.22. The van der Waals surface area contributed by atoms with Crippen LogP contribution in [-0.4, -0.2) is 36.0 Å². The zero-order chi connectivity index (χ0) is 13.1. The van der Waals surface area contributed by atoms with Gasteiger partial charge in [0.2, 0.25) is 0 Å². The summed E-state index contributed by atoms with van der Waals surface area (Å²) in [5.41, 5.74) is -0.427. The van der Waals surface area contributed by atoms with E-state index >= 15 is 0 Å². The molecule has 0 radical (unpaired) electrons. The second-order valence-corrected chi connectivity index (χ2v) is 4.21. The SMILES string of the molecule is CCn1c(Sc2ccc(C(=O)O)nn2)n[nH]c1=O. The Morgan fingerprint density at radius 3 is 2.83 bits per heavy atom. The predicted octanol–water partition coefficient (Wildman–Crippen LogP) is 0.231. The molecule has 0 saturated heterocycles. The highest BCUT2D eigenvalue weighted by Crippen LogP contribution is 2.22. The molecule has 94 valence electrons. The van der Waals surface area contributed by atoms with Gasteiger partial charge in [0.25, 0.3) is 0 Å². The minimum Gasteiger partial charge on any atom is -0.476 e. The summed E-state index contributed by atoms with van der Waals surface area (Å²) < 4.78 is 1.44. The Kier molecular flexibility index (Phi) is 3.42. The number of hydrogen-bond acceptors (Lipinski definition) is 6. The average Bonchev–Trinajstić information content (AvgIpc) is 2.70. The first kappa shape index (κ1) is 12.3. The summed E-state index contributed by atoms with van der Waals surface area (Å²) in [5, 5.41) is 23.1. The lowest BCUT2D eigenvalue weighted by Crippen LogP contribution is -2.16. The molecule has 18 heavy (non-hydrogen) atoms. The van der Waals surface area contributed by atoms with Gasteiger partial charge in [-0.15, -0.1) is 15.3 Å². The number of rotatable bonds is 4. The van der Waals surface area contributed by atoms with E-state index in [-0.39, 0.29) is 11.4 Å². The fourth-order valence-electron chi connectivity index (χ4n) is 1.24. The predicted molar refractivity (Wildman–Crippen MR) is 61.6 cm³/mol. The van der Waals surface area contributed by atoms with Gasteiger partial charge in [0.1, 0.15) is 5.03 Å². The van der Waals surface area contributed by atoms with E-state index in [0.29, 0.717) is 16.7 Å². The van der Waals surface area contributed by atoms with E-state index in [1.54, 1.807) is 0 Å². The fraction of sp³-hybridized carbons (Fsp3) is 0.222.